The van der Waals surface area contributed by atoms with Gasteiger partial charge in [0.15, 0.2) is 0 Å². The van der Waals surface area contributed by atoms with Crippen molar-refractivity contribution in [3.8, 4) is 0 Å². The van der Waals surface area contributed by atoms with Crippen molar-refractivity contribution in [1.82, 2.24) is 4.31 Å². The van der Waals surface area contributed by atoms with Gasteiger partial charge in [-0.1, -0.05) is 24.6 Å². The van der Waals surface area contributed by atoms with Gasteiger partial charge in [-0.3, -0.25) is 4.79 Å². The van der Waals surface area contributed by atoms with Gasteiger partial charge in [-0.25, -0.2) is 8.42 Å². The molecule has 1 N–H and O–H groups in total. The molecule has 0 atom stereocenters. The zero-order valence-corrected chi connectivity index (χ0v) is 16.2. The molecule has 0 aliphatic carbocycles. The molecular formula is C20H24N2O4S. The van der Waals surface area contributed by atoms with E-state index in [-0.39, 0.29) is 10.8 Å². The van der Waals surface area contributed by atoms with Crippen LogP contribution >= 0.6 is 0 Å². The summed E-state index contributed by atoms with van der Waals surface area (Å²) in [6.45, 7) is 1.52. The third-order valence-electron chi connectivity index (χ3n) is 4.54. The maximum absolute atomic E-state index is 12.8. The van der Waals surface area contributed by atoms with E-state index < -0.39 is 10.0 Å². The highest BCUT2D eigenvalue weighted by Crippen LogP contribution is 2.22. The average molecular weight is 388 g/mol. The van der Waals surface area contributed by atoms with Crippen LogP contribution in [-0.4, -0.2) is 38.8 Å². The zero-order chi connectivity index (χ0) is 19.3. The van der Waals surface area contributed by atoms with E-state index in [0.29, 0.717) is 30.9 Å². The van der Waals surface area contributed by atoms with Gasteiger partial charge in [0.2, 0.25) is 10.0 Å². The lowest BCUT2D eigenvalue weighted by Crippen LogP contribution is -2.35. The van der Waals surface area contributed by atoms with Gasteiger partial charge in [0.25, 0.3) is 5.91 Å². The first-order valence-electron chi connectivity index (χ1n) is 9.00. The summed E-state index contributed by atoms with van der Waals surface area (Å²) in [5.74, 6) is -0.347. The van der Waals surface area contributed by atoms with E-state index in [9.17, 15) is 13.2 Å². The molecule has 0 radical (unpaired) electrons. The number of hydrogen-bond acceptors (Lipinski definition) is 4. The number of piperidine rings is 1. The fraction of sp³-hybridized carbons (Fsp3) is 0.350. The fourth-order valence-electron chi connectivity index (χ4n) is 3.16. The third kappa shape index (κ3) is 4.74. The van der Waals surface area contributed by atoms with E-state index in [0.717, 1.165) is 24.8 Å². The molecule has 6 nitrogen and oxygen atoms in total. The number of amides is 1. The molecule has 2 aromatic carbocycles. The van der Waals surface area contributed by atoms with Crippen LogP contribution in [0.15, 0.2) is 53.4 Å². The Balaban J connectivity index is 1.78. The fourth-order valence-corrected chi connectivity index (χ4v) is 4.72. The number of sulfonamides is 1. The second kappa shape index (κ2) is 8.65. The number of benzene rings is 2. The average Bonchev–Trinajstić information content (AvgIpc) is 2.69. The molecule has 1 saturated heterocycles. The van der Waals surface area contributed by atoms with Gasteiger partial charge in [-0.2, -0.15) is 4.31 Å². The van der Waals surface area contributed by atoms with Crippen LogP contribution < -0.4 is 5.32 Å². The topological polar surface area (TPSA) is 75.7 Å². The molecule has 3 rings (SSSR count). The minimum absolute atomic E-state index is 0.158. The van der Waals surface area contributed by atoms with Crippen LogP contribution in [0.3, 0.4) is 0 Å². The highest BCUT2D eigenvalue weighted by molar-refractivity contribution is 7.89. The van der Waals surface area contributed by atoms with Gasteiger partial charge in [0, 0.05) is 31.5 Å². The van der Waals surface area contributed by atoms with Crippen molar-refractivity contribution < 1.29 is 17.9 Å². The summed E-state index contributed by atoms with van der Waals surface area (Å²) in [6, 6.07) is 13.6. The molecule has 0 saturated carbocycles. The molecule has 7 heteroatoms. The number of nitrogens with one attached hydrogen (secondary N) is 1. The molecule has 27 heavy (non-hydrogen) atoms. The summed E-state index contributed by atoms with van der Waals surface area (Å²) < 4.78 is 32.2. The first-order chi connectivity index (χ1) is 13.0. The van der Waals surface area contributed by atoms with Crippen molar-refractivity contribution in [3.05, 3.63) is 59.7 Å². The Hall–Kier alpha value is -2.22. The minimum Gasteiger partial charge on any atom is -0.380 e. The van der Waals surface area contributed by atoms with Gasteiger partial charge in [-0.15, -0.1) is 0 Å². The Kier molecular flexibility index (Phi) is 6.26. The highest BCUT2D eigenvalue weighted by atomic mass is 32.2. The van der Waals surface area contributed by atoms with Gasteiger partial charge < -0.3 is 10.1 Å². The van der Waals surface area contributed by atoms with Crippen molar-refractivity contribution in [2.24, 2.45) is 0 Å². The lowest BCUT2D eigenvalue weighted by molar-refractivity contribution is 0.102. The Morgan fingerprint density at radius 2 is 1.81 bits per heavy atom. The third-order valence-corrected chi connectivity index (χ3v) is 6.44. The van der Waals surface area contributed by atoms with E-state index in [1.54, 1.807) is 31.4 Å². The Labute approximate surface area is 160 Å². The summed E-state index contributed by atoms with van der Waals surface area (Å²) in [6.07, 6.45) is 2.80. The lowest BCUT2D eigenvalue weighted by atomic mass is 10.2. The number of methoxy groups -OCH3 is 1. The van der Waals surface area contributed by atoms with Crippen LogP contribution in [0.25, 0.3) is 0 Å². The number of nitrogens with zero attached hydrogens (tertiary/aromatic N) is 1. The second-order valence-electron chi connectivity index (χ2n) is 6.58. The van der Waals surface area contributed by atoms with Crippen LogP contribution in [0, 0.1) is 0 Å². The quantitative estimate of drug-likeness (QED) is 0.824. The number of carbonyl (C=O) groups is 1. The van der Waals surface area contributed by atoms with Crippen LogP contribution in [0.2, 0.25) is 0 Å². The normalized spacial score (nSPS) is 15.4. The lowest BCUT2D eigenvalue weighted by Gasteiger charge is -2.26. The van der Waals surface area contributed by atoms with Crippen molar-refractivity contribution in [1.29, 1.82) is 0 Å². The largest absolute Gasteiger partial charge is 0.380 e. The Bertz CT molecular complexity index is 906. The van der Waals surface area contributed by atoms with Crippen molar-refractivity contribution >= 4 is 21.6 Å². The molecule has 1 amide bonds. The maximum Gasteiger partial charge on any atom is 0.255 e. The molecule has 144 valence electrons. The molecule has 0 aromatic heterocycles. The van der Waals surface area contributed by atoms with Crippen molar-refractivity contribution in [2.45, 2.75) is 30.8 Å². The van der Waals surface area contributed by atoms with E-state index >= 15 is 0 Å². The van der Waals surface area contributed by atoms with E-state index in [4.69, 9.17) is 4.74 Å². The predicted molar refractivity (Wildman–Crippen MR) is 104 cm³/mol. The van der Waals surface area contributed by atoms with Gasteiger partial charge in [-0.05, 0) is 48.7 Å². The van der Waals surface area contributed by atoms with Crippen LogP contribution in [-0.2, 0) is 21.4 Å². The number of hydrogen-bond donors (Lipinski definition) is 1. The predicted octanol–water partition coefficient (Wildman–Crippen LogP) is 3.26. The van der Waals surface area contributed by atoms with Crippen molar-refractivity contribution in [2.75, 3.05) is 25.5 Å². The highest BCUT2D eigenvalue weighted by Gasteiger charge is 2.26. The summed E-state index contributed by atoms with van der Waals surface area (Å²) in [5.41, 5.74) is 1.89. The molecule has 1 aliphatic rings. The van der Waals surface area contributed by atoms with E-state index in [1.165, 1.54) is 10.4 Å². The smallest absolute Gasteiger partial charge is 0.255 e. The molecular weight excluding hydrogens is 364 g/mol. The second-order valence-corrected chi connectivity index (χ2v) is 8.52. The summed E-state index contributed by atoms with van der Waals surface area (Å²) in [4.78, 5) is 12.7. The van der Waals surface area contributed by atoms with E-state index in [1.807, 2.05) is 18.2 Å². The minimum atomic E-state index is -3.57. The Morgan fingerprint density at radius 1 is 1.07 bits per heavy atom. The van der Waals surface area contributed by atoms with Crippen molar-refractivity contribution in [3.63, 3.8) is 0 Å². The van der Waals surface area contributed by atoms with Crippen LogP contribution in [0.5, 0.6) is 0 Å². The molecule has 2 aromatic rings. The standard InChI is InChI=1S/C20H24N2O4S/c1-26-15-16-7-5-9-18(13-16)21-20(23)17-8-6-10-19(14-17)27(24,25)22-11-3-2-4-12-22/h5-10,13-14H,2-4,11-12,15H2,1H3,(H,21,23). The molecule has 1 heterocycles. The summed E-state index contributed by atoms with van der Waals surface area (Å²) >= 11 is 0. The molecule has 0 bridgehead atoms. The Morgan fingerprint density at radius 3 is 2.56 bits per heavy atom. The monoisotopic (exact) mass is 388 g/mol. The molecule has 1 aliphatic heterocycles. The number of rotatable bonds is 6. The van der Waals surface area contributed by atoms with Crippen LogP contribution in [0.1, 0.15) is 35.2 Å². The molecule has 0 spiro atoms. The van der Waals surface area contributed by atoms with Gasteiger partial charge in [0.05, 0.1) is 11.5 Å². The molecule has 0 unspecified atom stereocenters. The van der Waals surface area contributed by atoms with E-state index in [2.05, 4.69) is 5.32 Å². The molecule has 1 fully saturated rings. The summed E-state index contributed by atoms with van der Waals surface area (Å²) in [7, 11) is -1.96. The zero-order valence-electron chi connectivity index (χ0n) is 15.3. The van der Waals surface area contributed by atoms with Gasteiger partial charge in [0.1, 0.15) is 0 Å². The first kappa shape index (κ1) is 19.5. The maximum atomic E-state index is 12.8. The number of ether oxygens (including phenoxy) is 1. The summed E-state index contributed by atoms with van der Waals surface area (Å²) in [5, 5.41) is 2.81. The number of carbonyl (C=O) groups excluding carboxylic acids is 1. The SMILES string of the molecule is COCc1cccc(NC(=O)c2cccc(S(=O)(=O)N3CCCCC3)c2)c1. The first-order valence-corrected chi connectivity index (χ1v) is 10.4. The number of anilines is 1. The van der Waals surface area contributed by atoms with Crippen LogP contribution in [0.4, 0.5) is 5.69 Å². The van der Waals surface area contributed by atoms with Gasteiger partial charge >= 0.3 is 0 Å².